The number of aliphatic hydroxyl groups excluding tert-OH is 1. The first-order valence-corrected chi connectivity index (χ1v) is 7.21. The summed E-state index contributed by atoms with van der Waals surface area (Å²) in [7, 11) is 0. The predicted molar refractivity (Wildman–Crippen MR) is 69.0 cm³/mol. The summed E-state index contributed by atoms with van der Waals surface area (Å²) in [5, 5.41) is 16.8. The van der Waals surface area contributed by atoms with Crippen molar-refractivity contribution in [2.45, 2.75) is 43.9 Å². The molecule has 7 nitrogen and oxygen atoms in total. The highest BCUT2D eigenvalue weighted by molar-refractivity contribution is 5.06. The van der Waals surface area contributed by atoms with Crippen LogP contribution in [-0.2, 0) is 15.1 Å². The molecule has 2 fully saturated rings. The van der Waals surface area contributed by atoms with Gasteiger partial charge in [-0.3, -0.25) is 0 Å². The maximum absolute atomic E-state index is 9.56. The Hall–Kier alpha value is -1.02. The lowest BCUT2D eigenvalue weighted by Crippen LogP contribution is -2.37. The molecule has 112 valence electrons. The van der Waals surface area contributed by atoms with E-state index in [1.165, 1.54) is 0 Å². The summed E-state index contributed by atoms with van der Waals surface area (Å²) >= 11 is 0. The molecule has 0 unspecified atom stereocenters. The summed E-state index contributed by atoms with van der Waals surface area (Å²) in [4.78, 5) is 4.51. The van der Waals surface area contributed by atoms with Crippen molar-refractivity contribution in [3.8, 4) is 0 Å². The molecule has 2 aliphatic heterocycles. The van der Waals surface area contributed by atoms with Crippen LogP contribution in [0.2, 0.25) is 0 Å². The maximum Gasteiger partial charge on any atom is 0.243 e. The van der Waals surface area contributed by atoms with Crippen molar-refractivity contribution in [2.75, 3.05) is 26.4 Å². The minimum atomic E-state index is -0.494. The van der Waals surface area contributed by atoms with Gasteiger partial charge in [-0.05, 0) is 13.3 Å². The van der Waals surface area contributed by atoms with Crippen molar-refractivity contribution < 1.29 is 19.1 Å². The summed E-state index contributed by atoms with van der Waals surface area (Å²) in [6.45, 7) is 4.42. The van der Waals surface area contributed by atoms with Crippen molar-refractivity contribution in [3.63, 3.8) is 0 Å². The summed E-state index contributed by atoms with van der Waals surface area (Å²) < 4.78 is 16.7. The molecule has 1 aromatic heterocycles. The van der Waals surface area contributed by atoms with E-state index in [0.29, 0.717) is 44.5 Å². The van der Waals surface area contributed by atoms with Crippen molar-refractivity contribution in [1.29, 1.82) is 0 Å². The largest absolute Gasteiger partial charge is 0.392 e. The summed E-state index contributed by atoms with van der Waals surface area (Å²) in [6, 6.07) is -0.0650. The Morgan fingerprint density at radius 2 is 2.25 bits per heavy atom. The monoisotopic (exact) mass is 283 g/mol. The van der Waals surface area contributed by atoms with Crippen molar-refractivity contribution in [1.82, 2.24) is 15.5 Å². The van der Waals surface area contributed by atoms with Crippen molar-refractivity contribution in [2.24, 2.45) is 0 Å². The van der Waals surface area contributed by atoms with Crippen LogP contribution in [0.25, 0.3) is 0 Å². The third-order valence-electron chi connectivity index (χ3n) is 3.98. The van der Waals surface area contributed by atoms with Gasteiger partial charge in [-0.2, -0.15) is 4.98 Å². The lowest BCUT2D eigenvalue weighted by molar-refractivity contribution is -0.118. The molecule has 2 atom stereocenters. The number of nitrogens with zero attached hydrogens (tertiary/aromatic N) is 2. The molecule has 3 heterocycles. The van der Waals surface area contributed by atoms with Crippen molar-refractivity contribution >= 4 is 0 Å². The highest BCUT2D eigenvalue weighted by atomic mass is 16.5. The second-order valence-corrected chi connectivity index (χ2v) is 5.35. The molecule has 3 rings (SSSR count). The van der Waals surface area contributed by atoms with E-state index in [2.05, 4.69) is 15.5 Å². The molecule has 2 aliphatic rings. The smallest absolute Gasteiger partial charge is 0.243 e. The average molecular weight is 283 g/mol. The van der Waals surface area contributed by atoms with E-state index in [-0.39, 0.29) is 12.1 Å². The molecule has 0 aliphatic carbocycles. The standard InChI is InChI=1S/C13H21N3O4/c1-2-19-13(3-5-18-6-4-13)12-15-11(20-16-12)10-7-9(17)8-14-10/h9-10,14,17H,2-8H2,1H3/t9-,10+/m0/s1. The fourth-order valence-corrected chi connectivity index (χ4v) is 2.88. The van der Waals surface area contributed by atoms with Gasteiger partial charge in [-0.25, -0.2) is 0 Å². The molecular weight excluding hydrogens is 262 g/mol. The number of aromatic nitrogens is 2. The molecule has 0 bridgehead atoms. The van der Waals surface area contributed by atoms with Gasteiger partial charge in [-0.15, -0.1) is 0 Å². The molecule has 0 amide bonds. The minimum absolute atomic E-state index is 0.0650. The molecule has 0 aromatic carbocycles. The van der Waals surface area contributed by atoms with Crippen LogP contribution in [0.4, 0.5) is 0 Å². The van der Waals surface area contributed by atoms with E-state index >= 15 is 0 Å². The van der Waals surface area contributed by atoms with Crippen LogP contribution < -0.4 is 5.32 Å². The first-order valence-electron chi connectivity index (χ1n) is 7.21. The Morgan fingerprint density at radius 1 is 1.45 bits per heavy atom. The maximum atomic E-state index is 9.56. The van der Waals surface area contributed by atoms with Gasteiger partial charge in [0.25, 0.3) is 0 Å². The lowest BCUT2D eigenvalue weighted by Gasteiger charge is -2.33. The van der Waals surface area contributed by atoms with Crippen LogP contribution in [0.1, 0.15) is 43.9 Å². The number of hydrogen-bond acceptors (Lipinski definition) is 7. The van der Waals surface area contributed by atoms with E-state index in [4.69, 9.17) is 14.0 Å². The molecule has 1 aromatic rings. The van der Waals surface area contributed by atoms with E-state index in [1.807, 2.05) is 6.92 Å². The third-order valence-corrected chi connectivity index (χ3v) is 3.98. The molecule has 7 heteroatoms. The molecule has 0 radical (unpaired) electrons. The van der Waals surface area contributed by atoms with Gasteiger partial charge < -0.3 is 24.4 Å². The third kappa shape index (κ3) is 2.58. The van der Waals surface area contributed by atoms with Gasteiger partial charge >= 0.3 is 0 Å². The molecule has 0 saturated carbocycles. The van der Waals surface area contributed by atoms with Gasteiger partial charge in [0.05, 0.1) is 12.1 Å². The second-order valence-electron chi connectivity index (χ2n) is 5.35. The molecule has 20 heavy (non-hydrogen) atoms. The van der Waals surface area contributed by atoms with Crippen LogP contribution >= 0.6 is 0 Å². The predicted octanol–water partition coefficient (Wildman–Crippen LogP) is 0.507. The number of nitrogens with one attached hydrogen (secondary N) is 1. The quantitative estimate of drug-likeness (QED) is 0.832. The Balaban J connectivity index is 1.79. The summed E-state index contributed by atoms with van der Waals surface area (Å²) in [5.74, 6) is 1.13. The van der Waals surface area contributed by atoms with Gasteiger partial charge in [-0.1, -0.05) is 5.16 Å². The number of β-amino-alcohol motifs (C(OH)–C–C–N with tert-alkyl or cyclic N) is 1. The zero-order chi connectivity index (χ0) is 14.0. The van der Waals surface area contributed by atoms with Crippen LogP contribution in [0, 0.1) is 0 Å². The van der Waals surface area contributed by atoms with E-state index < -0.39 is 5.60 Å². The summed E-state index contributed by atoms with van der Waals surface area (Å²) in [6.07, 6.45) is 1.73. The van der Waals surface area contributed by atoms with Crippen LogP contribution in [0.5, 0.6) is 0 Å². The highest BCUT2D eigenvalue weighted by Crippen LogP contribution is 2.35. The SMILES string of the molecule is CCOC1(c2noc([C@H]3C[C@H](O)CN3)n2)CCOCC1. The van der Waals surface area contributed by atoms with Gasteiger partial charge in [0, 0.05) is 39.2 Å². The number of aliphatic hydroxyl groups is 1. The average Bonchev–Trinajstić information content (AvgIpc) is 3.09. The van der Waals surface area contributed by atoms with E-state index in [1.54, 1.807) is 0 Å². The van der Waals surface area contributed by atoms with E-state index in [0.717, 1.165) is 12.8 Å². The van der Waals surface area contributed by atoms with Gasteiger partial charge in [0.15, 0.2) is 0 Å². The van der Waals surface area contributed by atoms with Crippen molar-refractivity contribution in [3.05, 3.63) is 11.7 Å². The minimum Gasteiger partial charge on any atom is -0.392 e. The van der Waals surface area contributed by atoms with Crippen LogP contribution in [0.15, 0.2) is 4.52 Å². The number of hydrogen-bond donors (Lipinski definition) is 2. The fraction of sp³-hybridized carbons (Fsp3) is 0.846. The topological polar surface area (TPSA) is 89.6 Å². The fourth-order valence-electron chi connectivity index (χ4n) is 2.88. The Morgan fingerprint density at radius 3 is 2.90 bits per heavy atom. The van der Waals surface area contributed by atoms with Crippen LogP contribution in [0.3, 0.4) is 0 Å². The Kier molecular flexibility index (Phi) is 4.02. The molecule has 2 N–H and O–H groups in total. The lowest BCUT2D eigenvalue weighted by atomic mass is 9.93. The van der Waals surface area contributed by atoms with Crippen LogP contribution in [-0.4, -0.2) is 47.7 Å². The molecular formula is C13H21N3O4. The number of rotatable bonds is 4. The van der Waals surface area contributed by atoms with Gasteiger partial charge in [0.2, 0.25) is 11.7 Å². The molecule has 0 spiro atoms. The number of ether oxygens (including phenoxy) is 2. The van der Waals surface area contributed by atoms with Gasteiger partial charge in [0.1, 0.15) is 5.60 Å². The first-order chi connectivity index (χ1) is 9.73. The second kappa shape index (κ2) is 5.77. The normalized spacial score (nSPS) is 29.7. The zero-order valence-corrected chi connectivity index (χ0v) is 11.7. The Labute approximate surface area is 117 Å². The zero-order valence-electron chi connectivity index (χ0n) is 11.7. The van der Waals surface area contributed by atoms with E-state index in [9.17, 15) is 5.11 Å². The first kappa shape index (κ1) is 13.9. The molecule has 2 saturated heterocycles. The highest BCUT2D eigenvalue weighted by Gasteiger charge is 2.41. The summed E-state index contributed by atoms with van der Waals surface area (Å²) in [5.41, 5.74) is -0.494. The Bertz CT molecular complexity index is 439.